The molecule has 1 aliphatic rings. The summed E-state index contributed by atoms with van der Waals surface area (Å²) < 4.78 is 5.30. The van der Waals surface area contributed by atoms with E-state index >= 15 is 0 Å². The molecule has 0 bridgehead atoms. The Bertz CT molecular complexity index is 443. The second kappa shape index (κ2) is 6.62. The van der Waals surface area contributed by atoms with E-state index in [4.69, 9.17) is 4.74 Å². The van der Waals surface area contributed by atoms with Crippen LogP contribution in [0, 0.1) is 0 Å². The van der Waals surface area contributed by atoms with Crippen LogP contribution in [-0.2, 0) is 4.74 Å². The molecule has 2 rings (SSSR count). The smallest absolute Gasteiger partial charge is 0.271 e. The SMILES string of the molecule is CCNC(=O)c1ccc(NC2(CO)CCOCC2)nn1. The molecular weight excluding hydrogens is 260 g/mol. The molecule has 7 heteroatoms. The number of nitrogens with one attached hydrogen (secondary N) is 2. The number of amides is 1. The van der Waals surface area contributed by atoms with Gasteiger partial charge in [0.05, 0.1) is 12.1 Å². The summed E-state index contributed by atoms with van der Waals surface area (Å²) in [5.41, 5.74) is -0.137. The lowest BCUT2D eigenvalue weighted by atomic mass is 9.91. The van der Waals surface area contributed by atoms with Crippen LogP contribution in [0.25, 0.3) is 0 Å². The van der Waals surface area contributed by atoms with Crippen molar-refractivity contribution in [3.8, 4) is 0 Å². The van der Waals surface area contributed by atoms with Gasteiger partial charge in [0.1, 0.15) is 5.82 Å². The average molecular weight is 280 g/mol. The Balaban J connectivity index is 2.04. The van der Waals surface area contributed by atoms with Crippen molar-refractivity contribution in [3.05, 3.63) is 17.8 Å². The molecule has 0 unspecified atom stereocenters. The summed E-state index contributed by atoms with van der Waals surface area (Å²) >= 11 is 0. The topological polar surface area (TPSA) is 96.4 Å². The third kappa shape index (κ3) is 3.43. The van der Waals surface area contributed by atoms with Crippen LogP contribution in [-0.4, -0.2) is 53.1 Å². The first-order valence-electron chi connectivity index (χ1n) is 6.78. The number of carbonyl (C=O) groups excluding carboxylic acids is 1. The van der Waals surface area contributed by atoms with Crippen molar-refractivity contribution in [2.24, 2.45) is 0 Å². The molecule has 0 aliphatic carbocycles. The van der Waals surface area contributed by atoms with Gasteiger partial charge in [-0.3, -0.25) is 4.79 Å². The van der Waals surface area contributed by atoms with Crippen LogP contribution >= 0.6 is 0 Å². The van der Waals surface area contributed by atoms with Gasteiger partial charge in [0.2, 0.25) is 0 Å². The molecular formula is C13H20N4O3. The molecule has 1 aromatic rings. The molecule has 1 amide bonds. The van der Waals surface area contributed by atoms with Crippen LogP contribution in [0.2, 0.25) is 0 Å². The molecule has 3 N–H and O–H groups in total. The van der Waals surface area contributed by atoms with Crippen LogP contribution in [0.3, 0.4) is 0 Å². The van der Waals surface area contributed by atoms with E-state index in [-0.39, 0.29) is 18.2 Å². The molecule has 0 saturated carbocycles. The number of anilines is 1. The van der Waals surface area contributed by atoms with Gasteiger partial charge in [-0.05, 0) is 31.9 Å². The zero-order valence-corrected chi connectivity index (χ0v) is 11.6. The van der Waals surface area contributed by atoms with Crippen molar-refractivity contribution < 1.29 is 14.6 Å². The van der Waals surface area contributed by atoms with Gasteiger partial charge in [-0.25, -0.2) is 0 Å². The summed E-state index contributed by atoms with van der Waals surface area (Å²) in [6.45, 7) is 3.62. The van der Waals surface area contributed by atoms with Gasteiger partial charge in [-0.1, -0.05) is 0 Å². The highest BCUT2D eigenvalue weighted by molar-refractivity contribution is 5.92. The molecule has 7 nitrogen and oxygen atoms in total. The van der Waals surface area contributed by atoms with Gasteiger partial charge >= 0.3 is 0 Å². The Hall–Kier alpha value is -1.73. The maximum atomic E-state index is 11.6. The number of aliphatic hydroxyl groups is 1. The standard InChI is InChI=1S/C13H20N4O3/c1-2-14-12(19)10-3-4-11(17-16-10)15-13(9-18)5-7-20-8-6-13/h3-4,18H,2,5-9H2,1H3,(H,14,19)(H,15,17). The van der Waals surface area contributed by atoms with Gasteiger partial charge in [0.15, 0.2) is 5.69 Å². The Labute approximate surface area is 117 Å². The number of rotatable bonds is 5. The predicted molar refractivity (Wildman–Crippen MR) is 73.5 cm³/mol. The van der Waals surface area contributed by atoms with Crippen molar-refractivity contribution in [1.82, 2.24) is 15.5 Å². The second-order valence-electron chi connectivity index (χ2n) is 4.84. The third-order valence-corrected chi connectivity index (χ3v) is 3.38. The Morgan fingerprint density at radius 1 is 1.40 bits per heavy atom. The molecule has 0 radical (unpaired) electrons. The number of aromatic nitrogens is 2. The van der Waals surface area contributed by atoms with Crippen LogP contribution in [0.5, 0.6) is 0 Å². The molecule has 1 fully saturated rings. The fraction of sp³-hybridized carbons (Fsp3) is 0.615. The minimum Gasteiger partial charge on any atom is -0.394 e. The highest BCUT2D eigenvalue weighted by Crippen LogP contribution is 2.24. The first kappa shape index (κ1) is 14.7. The van der Waals surface area contributed by atoms with E-state index in [9.17, 15) is 9.90 Å². The largest absolute Gasteiger partial charge is 0.394 e. The molecule has 20 heavy (non-hydrogen) atoms. The number of hydrogen-bond acceptors (Lipinski definition) is 6. The number of nitrogens with zero attached hydrogens (tertiary/aromatic N) is 2. The first-order valence-corrected chi connectivity index (χ1v) is 6.78. The monoisotopic (exact) mass is 280 g/mol. The van der Waals surface area contributed by atoms with Crippen LogP contribution < -0.4 is 10.6 Å². The lowest BCUT2D eigenvalue weighted by molar-refractivity contribution is 0.0378. The van der Waals surface area contributed by atoms with E-state index in [0.29, 0.717) is 38.4 Å². The molecule has 0 aromatic carbocycles. The summed E-state index contributed by atoms with van der Waals surface area (Å²) in [6.07, 6.45) is 1.42. The van der Waals surface area contributed by atoms with Gasteiger partial charge in [-0.2, -0.15) is 0 Å². The van der Waals surface area contributed by atoms with Gasteiger partial charge in [-0.15, -0.1) is 10.2 Å². The van der Waals surface area contributed by atoms with E-state index in [1.165, 1.54) is 0 Å². The van der Waals surface area contributed by atoms with Crippen molar-refractivity contribution >= 4 is 11.7 Å². The number of hydrogen-bond donors (Lipinski definition) is 3. The van der Waals surface area contributed by atoms with Crippen molar-refractivity contribution in [1.29, 1.82) is 0 Å². The zero-order valence-electron chi connectivity index (χ0n) is 11.6. The maximum Gasteiger partial charge on any atom is 0.271 e. The third-order valence-electron chi connectivity index (χ3n) is 3.38. The highest BCUT2D eigenvalue weighted by Gasteiger charge is 2.32. The van der Waals surface area contributed by atoms with Crippen LogP contribution in [0.4, 0.5) is 5.82 Å². The van der Waals surface area contributed by atoms with Gasteiger partial charge < -0.3 is 20.5 Å². The molecule has 110 valence electrons. The molecule has 1 saturated heterocycles. The normalized spacial score (nSPS) is 17.5. The molecule has 0 spiro atoms. The quantitative estimate of drug-likeness (QED) is 0.712. The lowest BCUT2D eigenvalue weighted by Gasteiger charge is -2.36. The number of ether oxygens (including phenoxy) is 1. The molecule has 0 atom stereocenters. The van der Waals surface area contributed by atoms with Crippen molar-refractivity contribution in [3.63, 3.8) is 0 Å². The lowest BCUT2D eigenvalue weighted by Crippen LogP contribution is -2.47. The van der Waals surface area contributed by atoms with Crippen molar-refractivity contribution in [2.75, 3.05) is 31.7 Å². The molecule has 2 heterocycles. The average Bonchev–Trinajstić information content (AvgIpc) is 2.49. The van der Waals surface area contributed by atoms with Crippen LogP contribution in [0.15, 0.2) is 12.1 Å². The minimum absolute atomic E-state index is 0.0100. The molecule has 1 aromatic heterocycles. The summed E-state index contributed by atoms with van der Waals surface area (Å²) in [7, 11) is 0. The summed E-state index contributed by atoms with van der Waals surface area (Å²) in [6, 6.07) is 3.31. The second-order valence-corrected chi connectivity index (χ2v) is 4.84. The Morgan fingerprint density at radius 3 is 2.70 bits per heavy atom. The Kier molecular flexibility index (Phi) is 4.86. The van der Waals surface area contributed by atoms with Crippen molar-refractivity contribution in [2.45, 2.75) is 25.3 Å². The zero-order chi connectivity index (χ0) is 14.4. The van der Waals surface area contributed by atoms with E-state index in [2.05, 4.69) is 20.8 Å². The number of aliphatic hydroxyl groups excluding tert-OH is 1. The summed E-state index contributed by atoms with van der Waals surface area (Å²) in [5, 5.41) is 23.3. The van der Waals surface area contributed by atoms with Gasteiger partial charge in [0.25, 0.3) is 5.91 Å². The molecule has 1 aliphatic heterocycles. The van der Waals surface area contributed by atoms with E-state index in [0.717, 1.165) is 0 Å². The first-order chi connectivity index (χ1) is 9.69. The van der Waals surface area contributed by atoms with E-state index in [1.54, 1.807) is 12.1 Å². The summed E-state index contributed by atoms with van der Waals surface area (Å²) in [5.74, 6) is 0.309. The number of carbonyl (C=O) groups is 1. The van der Waals surface area contributed by atoms with Crippen LogP contribution in [0.1, 0.15) is 30.3 Å². The van der Waals surface area contributed by atoms with Gasteiger partial charge in [0, 0.05) is 19.8 Å². The summed E-state index contributed by atoms with van der Waals surface area (Å²) in [4.78, 5) is 11.6. The fourth-order valence-corrected chi connectivity index (χ4v) is 2.13. The minimum atomic E-state index is -0.417. The highest BCUT2D eigenvalue weighted by atomic mass is 16.5. The van der Waals surface area contributed by atoms with E-state index in [1.807, 2.05) is 6.92 Å². The fourth-order valence-electron chi connectivity index (χ4n) is 2.13. The predicted octanol–water partition coefficient (Wildman–Crippen LogP) is 0.180. The van der Waals surface area contributed by atoms with E-state index < -0.39 is 5.54 Å². The Morgan fingerprint density at radius 2 is 2.15 bits per heavy atom. The maximum absolute atomic E-state index is 11.6.